The Bertz CT molecular complexity index is 1210. The molecule has 2 aliphatic heterocycles. The van der Waals surface area contributed by atoms with Crippen LogP contribution in [0.3, 0.4) is 0 Å². The third-order valence-corrected chi connectivity index (χ3v) is 6.44. The summed E-state index contributed by atoms with van der Waals surface area (Å²) >= 11 is 0. The molecule has 0 saturated carbocycles. The van der Waals surface area contributed by atoms with E-state index in [1.807, 2.05) is 30.4 Å². The van der Waals surface area contributed by atoms with Crippen LogP contribution in [0.15, 0.2) is 66.9 Å². The molecule has 0 radical (unpaired) electrons. The molecule has 2 saturated heterocycles. The van der Waals surface area contributed by atoms with E-state index in [2.05, 4.69) is 38.1 Å². The number of anilines is 1. The number of ether oxygens (including phenoxy) is 1. The topological polar surface area (TPSA) is 122 Å². The van der Waals surface area contributed by atoms with Crippen LogP contribution >= 0.6 is 0 Å². The smallest absolute Gasteiger partial charge is 0.167 e. The fourth-order valence-corrected chi connectivity index (χ4v) is 4.87. The number of allylic oxidation sites excluding steroid dienone is 1. The summed E-state index contributed by atoms with van der Waals surface area (Å²) in [6.45, 7) is -0.236. The summed E-state index contributed by atoms with van der Waals surface area (Å²) in [5, 5.41) is 19.5. The molecule has 3 aromatic rings. The van der Waals surface area contributed by atoms with E-state index in [0.717, 1.165) is 11.3 Å². The maximum absolute atomic E-state index is 10.1. The Hall–Kier alpha value is -3.27. The second-order valence-electron chi connectivity index (χ2n) is 8.14. The highest BCUT2D eigenvalue weighted by Crippen LogP contribution is 2.56. The molecule has 2 fully saturated rings. The second kappa shape index (κ2) is 6.61. The molecular weight excluding hydrogens is 396 g/mol. The number of fused-ring (bicyclic) bond motifs is 2. The first-order chi connectivity index (χ1) is 15.1. The van der Waals surface area contributed by atoms with Crippen LogP contribution in [0.25, 0.3) is 11.2 Å². The molecule has 6 rings (SSSR count). The molecule has 2 aromatic heterocycles. The van der Waals surface area contributed by atoms with E-state index in [-0.39, 0.29) is 18.2 Å². The van der Waals surface area contributed by atoms with Crippen molar-refractivity contribution in [1.82, 2.24) is 19.5 Å². The number of benzene rings is 1. The quantitative estimate of drug-likeness (QED) is 0.536. The summed E-state index contributed by atoms with van der Waals surface area (Å²) in [4.78, 5) is 15.8. The monoisotopic (exact) mass is 418 g/mol. The van der Waals surface area contributed by atoms with E-state index in [4.69, 9.17) is 10.5 Å². The minimum absolute atomic E-state index is 0.0338. The zero-order valence-electron chi connectivity index (χ0n) is 16.6. The van der Waals surface area contributed by atoms with Crippen LogP contribution in [0.5, 0.6) is 0 Å². The average Bonchev–Trinajstić information content (AvgIpc) is 3.06. The van der Waals surface area contributed by atoms with Crippen molar-refractivity contribution in [3.63, 3.8) is 0 Å². The molecule has 9 heteroatoms. The van der Waals surface area contributed by atoms with Crippen molar-refractivity contribution < 1.29 is 14.9 Å². The highest BCUT2D eigenvalue weighted by molar-refractivity contribution is 5.88. The van der Waals surface area contributed by atoms with Crippen molar-refractivity contribution >= 4 is 17.0 Å². The van der Waals surface area contributed by atoms with Gasteiger partial charge in [0.1, 0.15) is 24.2 Å². The Labute approximate surface area is 178 Å². The summed E-state index contributed by atoms with van der Waals surface area (Å²) < 4.78 is 7.59. The third kappa shape index (κ3) is 2.57. The third-order valence-electron chi connectivity index (χ3n) is 6.44. The lowest BCUT2D eigenvalue weighted by molar-refractivity contribution is -0.0432. The van der Waals surface area contributed by atoms with Crippen molar-refractivity contribution in [2.45, 2.75) is 36.4 Å². The Balaban J connectivity index is 1.43. The first-order valence-corrected chi connectivity index (χ1v) is 10.3. The van der Waals surface area contributed by atoms with Gasteiger partial charge < -0.3 is 25.6 Å². The van der Waals surface area contributed by atoms with Gasteiger partial charge in [0.2, 0.25) is 0 Å². The largest absolute Gasteiger partial charge is 0.399 e. The number of imidazole rings is 1. The van der Waals surface area contributed by atoms with Crippen molar-refractivity contribution in [3.05, 3.63) is 72.5 Å². The summed E-state index contributed by atoms with van der Waals surface area (Å²) in [6.07, 6.45) is 7.83. The van der Waals surface area contributed by atoms with Crippen LogP contribution in [0.1, 0.15) is 18.2 Å². The van der Waals surface area contributed by atoms with Crippen LogP contribution in [-0.2, 0) is 10.3 Å². The fraction of sp³-hybridized carbons (Fsp3) is 0.318. The van der Waals surface area contributed by atoms with E-state index < -0.39 is 18.4 Å². The predicted octanol–water partition coefficient (Wildman–Crippen LogP) is 0.963. The predicted molar refractivity (Wildman–Crippen MR) is 113 cm³/mol. The Morgan fingerprint density at radius 2 is 2.03 bits per heavy atom. The lowest BCUT2D eigenvalue weighted by atomic mass is 9.91. The van der Waals surface area contributed by atoms with Crippen LogP contribution in [-0.4, -0.2) is 54.6 Å². The summed E-state index contributed by atoms with van der Waals surface area (Å²) in [5.74, 6) is 0.713. The minimum Gasteiger partial charge on any atom is -0.399 e. The van der Waals surface area contributed by atoms with Crippen LogP contribution in [0, 0.1) is 0 Å². The molecule has 5 atom stereocenters. The Morgan fingerprint density at radius 1 is 1.19 bits per heavy atom. The molecule has 0 amide bonds. The van der Waals surface area contributed by atoms with Gasteiger partial charge in [-0.3, -0.25) is 4.57 Å². The molecule has 0 bridgehead atoms. The normalized spacial score (nSPS) is 31.7. The number of hydrogen-bond acceptors (Lipinski definition) is 8. The van der Waals surface area contributed by atoms with E-state index >= 15 is 0 Å². The lowest BCUT2D eigenvalue weighted by Gasteiger charge is -2.16. The van der Waals surface area contributed by atoms with Gasteiger partial charge in [-0.1, -0.05) is 36.4 Å². The van der Waals surface area contributed by atoms with Crippen molar-refractivity contribution in [2.24, 2.45) is 5.73 Å². The molecule has 158 valence electrons. The van der Waals surface area contributed by atoms with E-state index in [1.54, 1.807) is 10.9 Å². The van der Waals surface area contributed by atoms with E-state index in [9.17, 15) is 10.2 Å². The number of aliphatic hydroxyl groups excluding tert-OH is 2. The summed E-state index contributed by atoms with van der Waals surface area (Å²) in [6, 6.07) is 10.3. The molecule has 9 nitrogen and oxygen atoms in total. The second-order valence-corrected chi connectivity index (χ2v) is 8.14. The van der Waals surface area contributed by atoms with Crippen molar-refractivity contribution in [1.29, 1.82) is 0 Å². The first-order valence-electron chi connectivity index (χ1n) is 10.3. The first kappa shape index (κ1) is 18.5. The van der Waals surface area contributed by atoms with Gasteiger partial charge in [-0.15, -0.1) is 0 Å². The molecule has 3 aliphatic rings. The zero-order valence-corrected chi connectivity index (χ0v) is 16.6. The molecule has 1 aromatic carbocycles. The van der Waals surface area contributed by atoms with Gasteiger partial charge >= 0.3 is 0 Å². The molecular formula is C22H22N6O3. The van der Waals surface area contributed by atoms with Gasteiger partial charge in [-0.05, 0) is 17.7 Å². The van der Waals surface area contributed by atoms with E-state index in [1.165, 1.54) is 6.33 Å². The molecule has 4 heterocycles. The van der Waals surface area contributed by atoms with Gasteiger partial charge in [0.05, 0.1) is 25.1 Å². The number of nitrogens with zero attached hydrogens (tertiary/aromatic N) is 5. The number of aliphatic hydroxyl groups is 2. The highest BCUT2D eigenvalue weighted by atomic mass is 16.5. The average molecular weight is 418 g/mol. The van der Waals surface area contributed by atoms with Gasteiger partial charge in [-0.2, -0.15) is 0 Å². The van der Waals surface area contributed by atoms with Gasteiger partial charge in [0.25, 0.3) is 0 Å². The Morgan fingerprint density at radius 3 is 2.81 bits per heavy atom. The maximum atomic E-state index is 10.1. The molecule has 4 N–H and O–H groups in total. The molecule has 1 aliphatic carbocycles. The number of nitrogens with two attached hydrogens (primary N) is 1. The van der Waals surface area contributed by atoms with Crippen LogP contribution in [0.4, 0.5) is 5.82 Å². The standard InChI is InChI=1S/C22H22N6O3/c23-14-6-7-22(13-4-2-1-3-5-13)17(8-14)28(22)21-19-20(24-11-25-21)27(12-26-19)18-9-15(30)16(10-29)31-18/h1-8,11-12,15-18,29-30H,9-10,23H2/t15-,16+,17?,18+,22?,28?/m0/s1. The summed E-state index contributed by atoms with van der Waals surface area (Å²) in [5.41, 5.74) is 8.88. The van der Waals surface area contributed by atoms with Crippen LogP contribution in [0.2, 0.25) is 0 Å². The van der Waals surface area contributed by atoms with Gasteiger partial charge in [-0.25, -0.2) is 15.0 Å². The molecule has 2 unspecified atom stereocenters. The number of aromatic nitrogens is 4. The van der Waals surface area contributed by atoms with Crippen molar-refractivity contribution in [3.8, 4) is 0 Å². The van der Waals surface area contributed by atoms with E-state index in [0.29, 0.717) is 23.4 Å². The zero-order chi connectivity index (χ0) is 21.2. The molecule has 0 spiro atoms. The van der Waals surface area contributed by atoms with Crippen LogP contribution < -0.4 is 10.6 Å². The minimum atomic E-state index is -0.733. The lowest BCUT2D eigenvalue weighted by Crippen LogP contribution is -2.24. The Kier molecular flexibility index (Phi) is 3.95. The van der Waals surface area contributed by atoms with Crippen molar-refractivity contribution in [2.75, 3.05) is 11.5 Å². The van der Waals surface area contributed by atoms with Gasteiger partial charge in [0.15, 0.2) is 17.0 Å². The SMILES string of the molecule is NC1=CC2N(c3ncnc4c3ncn4[C@H]3C[C@H](O)[C@@H](CO)O3)C2(c2ccccc2)C=C1. The highest BCUT2D eigenvalue weighted by Gasteiger charge is 2.63. The fourth-order valence-electron chi connectivity index (χ4n) is 4.87. The number of hydrogen-bond donors (Lipinski definition) is 3. The number of rotatable bonds is 4. The van der Waals surface area contributed by atoms with Gasteiger partial charge in [0, 0.05) is 12.1 Å². The summed E-state index contributed by atoms with van der Waals surface area (Å²) in [7, 11) is 0. The molecule has 31 heavy (non-hydrogen) atoms. The maximum Gasteiger partial charge on any atom is 0.167 e.